The van der Waals surface area contributed by atoms with Crippen LogP contribution in [-0.4, -0.2) is 11.1 Å². The number of nitrogens with two attached hydrogens (primary N) is 1. The number of nitrogens with one attached hydrogen (secondary N) is 2. The van der Waals surface area contributed by atoms with E-state index in [1.807, 2.05) is 18.2 Å². The Morgan fingerprint density at radius 3 is 2.50 bits per heavy atom. The fourth-order valence-electron chi connectivity index (χ4n) is 0.914. The maximum atomic E-state index is 10.3. The fraction of sp³-hybridized carbons (Fsp3) is 0. The van der Waals surface area contributed by atoms with Gasteiger partial charge in [0, 0.05) is 5.69 Å². The molecule has 5 N–H and O–H groups in total. The average Bonchev–Trinajstić information content (AvgIpc) is 2.17. The van der Waals surface area contributed by atoms with E-state index in [-0.39, 0.29) is 5.82 Å². The van der Waals surface area contributed by atoms with Gasteiger partial charge in [-0.15, -0.1) is 0 Å². The third-order valence-electron chi connectivity index (χ3n) is 1.48. The van der Waals surface area contributed by atoms with Gasteiger partial charge in [-0.1, -0.05) is 18.2 Å². The second-order valence-corrected chi connectivity index (χ2v) is 2.53. The van der Waals surface area contributed by atoms with E-state index < -0.39 is 5.97 Å². The molecule has 0 unspecified atom stereocenters. The lowest BCUT2D eigenvalue weighted by Crippen LogP contribution is -2.27. The first-order valence-electron chi connectivity index (χ1n) is 3.95. The Hall–Kier alpha value is -2.01. The molecule has 0 atom stereocenters. The van der Waals surface area contributed by atoms with E-state index in [0.717, 1.165) is 11.8 Å². The van der Waals surface area contributed by atoms with Gasteiger partial charge in [-0.2, -0.15) is 0 Å². The summed E-state index contributed by atoms with van der Waals surface area (Å²) in [6.45, 7) is 0. The first-order valence-corrected chi connectivity index (χ1v) is 3.95. The van der Waals surface area contributed by atoms with Crippen LogP contribution < -0.4 is 16.6 Å². The van der Waals surface area contributed by atoms with Crippen LogP contribution in [0.25, 0.3) is 0 Å². The Kier molecular flexibility index (Phi) is 3.51. The van der Waals surface area contributed by atoms with Crippen LogP contribution in [0.1, 0.15) is 0 Å². The summed E-state index contributed by atoms with van der Waals surface area (Å²) in [7, 11) is 0. The number of carbonyl (C=O) groups is 1. The zero-order valence-corrected chi connectivity index (χ0v) is 7.40. The number of para-hydroxylation sites is 1. The molecule has 0 aromatic heterocycles. The highest BCUT2D eigenvalue weighted by atomic mass is 16.4. The molecule has 5 nitrogen and oxygen atoms in total. The Morgan fingerprint density at radius 2 is 2.00 bits per heavy atom. The number of anilines is 1. The molecule has 0 spiro atoms. The Morgan fingerprint density at radius 1 is 1.36 bits per heavy atom. The zero-order chi connectivity index (χ0) is 10.4. The van der Waals surface area contributed by atoms with E-state index in [1.54, 1.807) is 12.1 Å². The number of hydrogen-bond acceptors (Lipinski definition) is 4. The van der Waals surface area contributed by atoms with Gasteiger partial charge in [-0.25, -0.2) is 10.6 Å². The molecule has 0 aliphatic heterocycles. The van der Waals surface area contributed by atoms with Crippen molar-refractivity contribution in [3.8, 4) is 0 Å². The third kappa shape index (κ3) is 3.16. The van der Waals surface area contributed by atoms with Crippen molar-refractivity contribution in [2.24, 2.45) is 5.84 Å². The normalized spacial score (nSPS) is 10.8. The summed E-state index contributed by atoms with van der Waals surface area (Å²) in [5.74, 6) is 4.28. The zero-order valence-electron chi connectivity index (χ0n) is 7.40. The fourth-order valence-corrected chi connectivity index (χ4v) is 0.914. The van der Waals surface area contributed by atoms with Crippen LogP contribution in [0.4, 0.5) is 5.69 Å². The van der Waals surface area contributed by atoms with E-state index >= 15 is 0 Å². The van der Waals surface area contributed by atoms with Crippen LogP contribution in [0.15, 0.2) is 42.2 Å². The highest BCUT2D eigenvalue weighted by Crippen LogP contribution is 2.06. The van der Waals surface area contributed by atoms with E-state index in [4.69, 9.17) is 10.9 Å². The number of carboxylic acids is 1. The number of benzene rings is 1. The summed E-state index contributed by atoms with van der Waals surface area (Å²) in [6, 6.07) is 9.12. The SMILES string of the molecule is NN/C(=C\C(=O)O)Nc1ccccc1. The lowest BCUT2D eigenvalue weighted by atomic mass is 10.3. The van der Waals surface area contributed by atoms with E-state index in [2.05, 4.69) is 10.7 Å². The van der Waals surface area contributed by atoms with Crippen LogP contribution in [0, 0.1) is 0 Å². The molecular formula is C9H11N3O2. The van der Waals surface area contributed by atoms with Crippen molar-refractivity contribution in [2.75, 3.05) is 5.32 Å². The quantitative estimate of drug-likeness (QED) is 0.317. The highest BCUT2D eigenvalue weighted by molar-refractivity contribution is 5.81. The number of carboxylic acid groups (broad SMARTS) is 1. The molecule has 1 rings (SSSR count). The van der Waals surface area contributed by atoms with Crippen molar-refractivity contribution in [3.05, 3.63) is 42.2 Å². The van der Waals surface area contributed by atoms with Crippen molar-refractivity contribution < 1.29 is 9.90 Å². The molecule has 0 saturated heterocycles. The van der Waals surface area contributed by atoms with E-state index in [1.165, 1.54) is 0 Å². The molecule has 0 aliphatic rings. The Balaban J connectivity index is 2.71. The van der Waals surface area contributed by atoms with Gasteiger partial charge in [0.15, 0.2) is 0 Å². The Bertz CT molecular complexity index is 335. The smallest absolute Gasteiger partial charge is 0.332 e. The second-order valence-electron chi connectivity index (χ2n) is 2.53. The van der Waals surface area contributed by atoms with Crippen LogP contribution in [0.5, 0.6) is 0 Å². The van der Waals surface area contributed by atoms with Crippen molar-refractivity contribution in [2.45, 2.75) is 0 Å². The van der Waals surface area contributed by atoms with Gasteiger partial charge in [0.25, 0.3) is 0 Å². The topological polar surface area (TPSA) is 87.4 Å². The summed E-state index contributed by atoms with van der Waals surface area (Å²) in [5.41, 5.74) is 3.01. The van der Waals surface area contributed by atoms with Crippen LogP contribution in [-0.2, 0) is 4.79 Å². The summed E-state index contributed by atoms with van der Waals surface area (Å²) in [4.78, 5) is 10.3. The lowest BCUT2D eigenvalue weighted by molar-refractivity contribution is -0.131. The summed E-state index contributed by atoms with van der Waals surface area (Å²) in [6.07, 6.45) is 0.951. The van der Waals surface area contributed by atoms with Crippen molar-refractivity contribution in [1.29, 1.82) is 0 Å². The maximum absolute atomic E-state index is 10.3. The molecule has 0 heterocycles. The molecule has 1 aromatic carbocycles. The van der Waals surface area contributed by atoms with Crippen LogP contribution >= 0.6 is 0 Å². The number of aliphatic carboxylic acids is 1. The minimum Gasteiger partial charge on any atom is -0.478 e. The van der Waals surface area contributed by atoms with Crippen LogP contribution in [0.2, 0.25) is 0 Å². The first kappa shape index (κ1) is 10.1. The second kappa shape index (κ2) is 4.88. The van der Waals surface area contributed by atoms with Gasteiger partial charge >= 0.3 is 5.97 Å². The minimum absolute atomic E-state index is 0.226. The largest absolute Gasteiger partial charge is 0.478 e. The van der Waals surface area contributed by atoms with Gasteiger partial charge in [0.1, 0.15) is 5.82 Å². The van der Waals surface area contributed by atoms with Gasteiger partial charge in [-0.3, -0.25) is 0 Å². The third-order valence-corrected chi connectivity index (χ3v) is 1.48. The molecular weight excluding hydrogens is 182 g/mol. The maximum Gasteiger partial charge on any atom is 0.332 e. The highest BCUT2D eigenvalue weighted by Gasteiger charge is 1.97. The summed E-state index contributed by atoms with van der Waals surface area (Å²) < 4.78 is 0. The van der Waals surface area contributed by atoms with Crippen LogP contribution in [0.3, 0.4) is 0 Å². The van der Waals surface area contributed by atoms with Crippen molar-refractivity contribution in [3.63, 3.8) is 0 Å². The molecule has 74 valence electrons. The number of hydrogen-bond donors (Lipinski definition) is 4. The molecule has 0 amide bonds. The van der Waals surface area contributed by atoms with Gasteiger partial charge in [0.2, 0.25) is 0 Å². The molecule has 0 saturated carbocycles. The van der Waals surface area contributed by atoms with Crippen molar-refractivity contribution in [1.82, 2.24) is 5.43 Å². The molecule has 0 fully saturated rings. The van der Waals surface area contributed by atoms with E-state index in [9.17, 15) is 4.79 Å². The van der Waals surface area contributed by atoms with E-state index in [0.29, 0.717) is 0 Å². The predicted molar refractivity (Wildman–Crippen MR) is 53.1 cm³/mol. The standard InChI is InChI=1S/C9H11N3O2/c10-12-8(6-9(13)14)11-7-4-2-1-3-5-7/h1-6,11-12H,10H2,(H,13,14)/b8-6-. The molecule has 5 heteroatoms. The lowest BCUT2D eigenvalue weighted by Gasteiger charge is -2.08. The van der Waals surface area contributed by atoms with Crippen molar-refractivity contribution >= 4 is 11.7 Å². The summed E-state index contributed by atoms with van der Waals surface area (Å²) in [5, 5.41) is 11.3. The minimum atomic E-state index is -1.07. The number of hydrazine groups is 1. The molecule has 14 heavy (non-hydrogen) atoms. The molecule has 1 aromatic rings. The Labute approximate surface area is 81.2 Å². The first-order chi connectivity index (χ1) is 6.72. The molecule has 0 radical (unpaired) electrons. The van der Waals surface area contributed by atoms with Gasteiger partial charge in [-0.05, 0) is 12.1 Å². The van der Waals surface area contributed by atoms with Gasteiger partial charge < -0.3 is 15.8 Å². The molecule has 0 bridgehead atoms. The molecule has 0 aliphatic carbocycles. The predicted octanol–water partition coefficient (Wildman–Crippen LogP) is 0.488. The monoisotopic (exact) mass is 193 g/mol. The van der Waals surface area contributed by atoms with Gasteiger partial charge in [0.05, 0.1) is 6.08 Å². The number of rotatable bonds is 4. The summed E-state index contributed by atoms with van der Waals surface area (Å²) >= 11 is 0. The average molecular weight is 193 g/mol.